The van der Waals surface area contributed by atoms with Crippen molar-refractivity contribution in [2.24, 2.45) is 0 Å². The zero-order chi connectivity index (χ0) is 25.8. The van der Waals surface area contributed by atoms with Gasteiger partial charge in [-0.15, -0.1) is 11.3 Å². The molecule has 0 aliphatic heterocycles. The predicted molar refractivity (Wildman–Crippen MR) is 138 cm³/mol. The molecular weight excluding hydrogens is 482 g/mol. The highest BCUT2D eigenvalue weighted by Gasteiger charge is 2.27. The molecule has 0 spiro atoms. The number of ether oxygens (including phenoxy) is 3. The number of carbonyl (C=O) groups is 2. The van der Waals surface area contributed by atoms with Gasteiger partial charge in [0, 0.05) is 6.07 Å². The molecule has 1 aliphatic carbocycles. The molecule has 0 saturated heterocycles. The summed E-state index contributed by atoms with van der Waals surface area (Å²) in [7, 11) is 3.04. The van der Waals surface area contributed by atoms with Crippen molar-refractivity contribution in [3.05, 3.63) is 45.3 Å². The van der Waals surface area contributed by atoms with Crippen LogP contribution in [0.25, 0.3) is 10.2 Å². The maximum Gasteiger partial charge on any atom is 0.348 e. The van der Waals surface area contributed by atoms with Crippen molar-refractivity contribution >= 4 is 39.1 Å². The molecule has 3 aromatic rings. The van der Waals surface area contributed by atoms with Crippen LogP contribution in [0.15, 0.2) is 29.3 Å². The van der Waals surface area contributed by atoms with E-state index in [1.54, 1.807) is 25.1 Å². The maximum atomic E-state index is 13.5. The zero-order valence-corrected chi connectivity index (χ0v) is 21.8. The number of anilines is 1. The number of carbonyl (C=O) groups excluding carboxylic acids is 2. The number of aryl methyl sites for hydroxylation is 1. The quantitative estimate of drug-likeness (QED) is 0.428. The van der Waals surface area contributed by atoms with Crippen LogP contribution in [-0.4, -0.2) is 41.8 Å². The SMILES string of the molecule is CCC(C(=O)Nc1cc(OC)ccc1OC)n1cnc2sc(C(=O)OC3CCCCC3)c(C)c2c1=O. The van der Waals surface area contributed by atoms with Crippen molar-refractivity contribution in [1.29, 1.82) is 0 Å². The van der Waals surface area contributed by atoms with Crippen LogP contribution in [0.4, 0.5) is 5.69 Å². The van der Waals surface area contributed by atoms with Gasteiger partial charge in [-0.05, 0) is 56.7 Å². The summed E-state index contributed by atoms with van der Waals surface area (Å²) in [5.41, 5.74) is 0.597. The molecule has 1 saturated carbocycles. The summed E-state index contributed by atoms with van der Waals surface area (Å²) in [4.78, 5) is 44.9. The molecule has 1 fully saturated rings. The van der Waals surface area contributed by atoms with Crippen molar-refractivity contribution in [3.8, 4) is 11.5 Å². The average molecular weight is 514 g/mol. The molecule has 10 heteroatoms. The first-order chi connectivity index (χ1) is 17.4. The standard InChI is InChI=1S/C26H31N3O6S/c1-5-19(23(30)28-18-13-17(33-3)11-12-20(18)34-4)29-14-27-24-21(25(29)31)15(2)22(36-24)26(32)35-16-9-7-6-8-10-16/h11-14,16,19H,5-10H2,1-4H3,(H,28,30). The van der Waals surface area contributed by atoms with E-state index in [9.17, 15) is 14.4 Å². The Morgan fingerprint density at radius 3 is 2.61 bits per heavy atom. The summed E-state index contributed by atoms with van der Waals surface area (Å²) in [6, 6.07) is 4.26. The summed E-state index contributed by atoms with van der Waals surface area (Å²) in [6.45, 7) is 3.54. The predicted octanol–water partition coefficient (Wildman–Crippen LogP) is 4.86. The van der Waals surface area contributed by atoms with Crippen LogP contribution in [0.3, 0.4) is 0 Å². The molecule has 1 aromatic carbocycles. The zero-order valence-electron chi connectivity index (χ0n) is 21.0. The second kappa shape index (κ2) is 11.1. The lowest BCUT2D eigenvalue weighted by atomic mass is 9.98. The van der Waals surface area contributed by atoms with Crippen molar-refractivity contribution in [2.75, 3.05) is 19.5 Å². The second-order valence-corrected chi connectivity index (χ2v) is 9.84. The normalized spacial score (nSPS) is 14.9. The van der Waals surface area contributed by atoms with E-state index in [2.05, 4.69) is 10.3 Å². The van der Waals surface area contributed by atoms with Gasteiger partial charge in [0.1, 0.15) is 33.4 Å². The number of amides is 1. The van der Waals surface area contributed by atoms with Gasteiger partial charge in [-0.1, -0.05) is 13.3 Å². The van der Waals surface area contributed by atoms with Crippen molar-refractivity contribution < 1.29 is 23.8 Å². The number of nitrogens with zero attached hydrogens (tertiary/aromatic N) is 2. The van der Waals surface area contributed by atoms with Gasteiger partial charge in [-0.25, -0.2) is 9.78 Å². The fraction of sp³-hybridized carbons (Fsp3) is 0.462. The number of thiophene rings is 1. The van der Waals surface area contributed by atoms with Crippen LogP contribution < -0.4 is 20.3 Å². The summed E-state index contributed by atoms with van der Waals surface area (Å²) in [6.07, 6.45) is 6.64. The first-order valence-corrected chi connectivity index (χ1v) is 12.9. The highest BCUT2D eigenvalue weighted by Crippen LogP contribution is 2.31. The largest absolute Gasteiger partial charge is 0.497 e. The molecule has 1 unspecified atom stereocenters. The van der Waals surface area contributed by atoms with E-state index in [1.165, 1.54) is 25.1 Å². The topological polar surface area (TPSA) is 109 Å². The van der Waals surface area contributed by atoms with E-state index in [0.717, 1.165) is 43.4 Å². The number of hydrogen-bond donors (Lipinski definition) is 1. The lowest BCUT2D eigenvalue weighted by molar-refractivity contribution is -0.119. The van der Waals surface area contributed by atoms with Crippen molar-refractivity contribution in [1.82, 2.24) is 9.55 Å². The molecule has 9 nitrogen and oxygen atoms in total. The Balaban J connectivity index is 1.63. The first kappa shape index (κ1) is 25.7. The molecule has 1 amide bonds. The second-order valence-electron chi connectivity index (χ2n) is 8.84. The molecule has 1 N–H and O–H groups in total. The fourth-order valence-electron chi connectivity index (χ4n) is 4.58. The number of fused-ring (bicyclic) bond motifs is 1. The van der Waals surface area contributed by atoms with Gasteiger partial charge in [-0.3, -0.25) is 14.2 Å². The third-order valence-electron chi connectivity index (χ3n) is 6.58. The van der Waals surface area contributed by atoms with Crippen LogP contribution in [0.5, 0.6) is 11.5 Å². The van der Waals surface area contributed by atoms with Gasteiger partial charge in [0.15, 0.2) is 0 Å². The van der Waals surface area contributed by atoms with Crippen molar-refractivity contribution in [3.63, 3.8) is 0 Å². The third kappa shape index (κ3) is 5.09. The van der Waals surface area contributed by atoms with Crippen LogP contribution in [0.1, 0.15) is 66.7 Å². The fourth-order valence-corrected chi connectivity index (χ4v) is 5.60. The van der Waals surface area contributed by atoms with E-state index in [-0.39, 0.29) is 11.7 Å². The number of aromatic nitrogens is 2. The lowest BCUT2D eigenvalue weighted by Gasteiger charge is -2.21. The molecule has 2 heterocycles. The maximum absolute atomic E-state index is 13.5. The summed E-state index contributed by atoms with van der Waals surface area (Å²) < 4.78 is 17.6. The molecule has 1 aliphatic rings. The minimum atomic E-state index is -0.817. The van der Waals surface area contributed by atoms with Crippen molar-refractivity contribution in [2.45, 2.75) is 64.5 Å². The number of rotatable bonds is 8. The number of hydrogen-bond acceptors (Lipinski definition) is 8. The van der Waals surface area contributed by atoms with E-state index in [4.69, 9.17) is 14.2 Å². The summed E-state index contributed by atoms with van der Waals surface area (Å²) in [5.74, 6) is 0.219. The molecule has 36 heavy (non-hydrogen) atoms. The van der Waals surface area contributed by atoms with Crippen LogP contribution >= 0.6 is 11.3 Å². The number of benzene rings is 1. The van der Waals surface area contributed by atoms with Gasteiger partial charge in [0.2, 0.25) is 5.91 Å². The molecule has 192 valence electrons. The minimum absolute atomic E-state index is 0.0813. The molecule has 0 bridgehead atoms. The van der Waals surface area contributed by atoms with E-state index >= 15 is 0 Å². The van der Waals surface area contributed by atoms with Gasteiger partial charge in [-0.2, -0.15) is 0 Å². The Bertz CT molecular complexity index is 1330. The smallest absolute Gasteiger partial charge is 0.348 e. The first-order valence-electron chi connectivity index (χ1n) is 12.1. The number of methoxy groups -OCH3 is 2. The minimum Gasteiger partial charge on any atom is -0.497 e. The Labute approximate surface area is 213 Å². The van der Waals surface area contributed by atoms with Gasteiger partial charge in [0.05, 0.1) is 31.6 Å². The highest BCUT2D eigenvalue weighted by molar-refractivity contribution is 7.20. The Morgan fingerprint density at radius 2 is 1.94 bits per heavy atom. The van der Waals surface area contributed by atoms with Crippen LogP contribution in [-0.2, 0) is 9.53 Å². The molecule has 2 aromatic heterocycles. The lowest BCUT2D eigenvalue weighted by Crippen LogP contribution is -2.33. The van der Waals surface area contributed by atoms with E-state index in [0.29, 0.717) is 44.3 Å². The van der Waals surface area contributed by atoms with E-state index in [1.807, 2.05) is 6.92 Å². The van der Waals surface area contributed by atoms with E-state index < -0.39 is 17.9 Å². The molecule has 1 atom stereocenters. The van der Waals surface area contributed by atoms with Gasteiger partial charge in [0.25, 0.3) is 5.56 Å². The van der Waals surface area contributed by atoms with Crippen LogP contribution in [0, 0.1) is 6.92 Å². The Kier molecular flexibility index (Phi) is 7.93. The Morgan fingerprint density at radius 1 is 1.19 bits per heavy atom. The number of esters is 1. The summed E-state index contributed by atoms with van der Waals surface area (Å²) in [5, 5.41) is 3.18. The number of nitrogens with one attached hydrogen (secondary N) is 1. The third-order valence-corrected chi connectivity index (χ3v) is 7.76. The molecule has 4 rings (SSSR count). The monoisotopic (exact) mass is 513 g/mol. The molecule has 0 radical (unpaired) electrons. The summed E-state index contributed by atoms with van der Waals surface area (Å²) >= 11 is 1.15. The van der Waals surface area contributed by atoms with Gasteiger partial charge < -0.3 is 19.5 Å². The average Bonchev–Trinajstić information content (AvgIpc) is 3.23. The van der Waals surface area contributed by atoms with Crippen LogP contribution in [0.2, 0.25) is 0 Å². The van der Waals surface area contributed by atoms with Gasteiger partial charge >= 0.3 is 5.97 Å². The molecular formula is C26H31N3O6S. The Hall–Kier alpha value is -3.40. The highest BCUT2D eigenvalue weighted by atomic mass is 32.1.